The minimum absolute atomic E-state index is 0.194. The molecule has 0 heterocycles. The SMILES string of the molecule is CCCCCCCC(=O)O.O=C1CCC(CCC(=O)c2ccccc2)C1. The van der Waals surface area contributed by atoms with Crippen molar-refractivity contribution in [2.75, 3.05) is 0 Å². The van der Waals surface area contributed by atoms with Gasteiger partial charge in [-0.2, -0.15) is 0 Å². The predicted octanol–water partition coefficient (Wildman–Crippen LogP) is 5.45. The van der Waals surface area contributed by atoms with Crippen LogP contribution in [-0.4, -0.2) is 22.6 Å². The number of carboxylic acid groups (broad SMARTS) is 1. The molecule has 0 bridgehead atoms. The number of ketones is 2. The van der Waals surface area contributed by atoms with Crippen LogP contribution >= 0.6 is 0 Å². The van der Waals surface area contributed by atoms with Gasteiger partial charge in [0.15, 0.2) is 5.78 Å². The van der Waals surface area contributed by atoms with Crippen LogP contribution < -0.4 is 0 Å². The molecule has 1 aliphatic carbocycles. The van der Waals surface area contributed by atoms with Gasteiger partial charge in [-0.1, -0.05) is 62.9 Å². The van der Waals surface area contributed by atoms with E-state index in [2.05, 4.69) is 6.92 Å². The fourth-order valence-electron chi connectivity index (χ4n) is 3.12. The number of unbranched alkanes of at least 4 members (excludes halogenated alkanes) is 4. The molecule has 1 aromatic carbocycles. The first-order valence-electron chi connectivity index (χ1n) is 9.84. The van der Waals surface area contributed by atoms with Crippen LogP contribution in [0.25, 0.3) is 0 Å². The lowest BCUT2D eigenvalue weighted by molar-refractivity contribution is -0.137. The number of hydrogen-bond acceptors (Lipinski definition) is 3. The van der Waals surface area contributed by atoms with Gasteiger partial charge in [-0.3, -0.25) is 14.4 Å². The van der Waals surface area contributed by atoms with Gasteiger partial charge in [0.05, 0.1) is 0 Å². The first-order valence-corrected chi connectivity index (χ1v) is 9.84. The highest BCUT2D eigenvalue weighted by Crippen LogP contribution is 2.26. The Labute approximate surface area is 157 Å². The second-order valence-corrected chi connectivity index (χ2v) is 7.03. The Balaban J connectivity index is 0.000000294. The topological polar surface area (TPSA) is 71.4 Å². The Morgan fingerprint density at radius 2 is 1.73 bits per heavy atom. The lowest BCUT2D eigenvalue weighted by Gasteiger charge is -2.06. The molecule has 1 atom stereocenters. The molecule has 0 aromatic heterocycles. The van der Waals surface area contributed by atoms with E-state index in [9.17, 15) is 14.4 Å². The minimum Gasteiger partial charge on any atom is -0.481 e. The van der Waals surface area contributed by atoms with Crippen LogP contribution in [0.3, 0.4) is 0 Å². The molecule has 1 unspecified atom stereocenters. The number of rotatable bonds is 10. The van der Waals surface area contributed by atoms with Crippen LogP contribution in [0.15, 0.2) is 30.3 Å². The fraction of sp³-hybridized carbons (Fsp3) is 0.591. The fourth-order valence-corrected chi connectivity index (χ4v) is 3.12. The van der Waals surface area contributed by atoms with Crippen molar-refractivity contribution in [1.82, 2.24) is 0 Å². The molecule has 1 aromatic rings. The maximum absolute atomic E-state index is 11.8. The van der Waals surface area contributed by atoms with E-state index < -0.39 is 5.97 Å². The molecule has 26 heavy (non-hydrogen) atoms. The maximum Gasteiger partial charge on any atom is 0.303 e. The van der Waals surface area contributed by atoms with Crippen molar-refractivity contribution in [3.63, 3.8) is 0 Å². The zero-order valence-electron chi connectivity index (χ0n) is 15.9. The van der Waals surface area contributed by atoms with Gasteiger partial charge in [0.1, 0.15) is 5.78 Å². The molecule has 1 fully saturated rings. The summed E-state index contributed by atoms with van der Waals surface area (Å²) < 4.78 is 0. The number of hydrogen-bond donors (Lipinski definition) is 1. The normalized spacial score (nSPS) is 16.0. The average molecular weight is 360 g/mol. The molecule has 0 amide bonds. The van der Waals surface area contributed by atoms with Gasteiger partial charge < -0.3 is 5.11 Å². The summed E-state index contributed by atoms with van der Waals surface area (Å²) in [7, 11) is 0. The van der Waals surface area contributed by atoms with Gasteiger partial charge in [-0.05, 0) is 25.2 Å². The van der Waals surface area contributed by atoms with E-state index in [1.807, 2.05) is 30.3 Å². The van der Waals surface area contributed by atoms with Gasteiger partial charge in [0.25, 0.3) is 0 Å². The number of Topliss-reactive ketones (excluding diaryl/α,β-unsaturated/α-hetero) is 2. The summed E-state index contributed by atoms with van der Waals surface area (Å²) in [6.07, 6.45) is 9.68. The highest BCUT2D eigenvalue weighted by molar-refractivity contribution is 5.96. The van der Waals surface area contributed by atoms with E-state index in [-0.39, 0.29) is 5.78 Å². The third kappa shape index (κ3) is 10.1. The van der Waals surface area contributed by atoms with Crippen LogP contribution in [0, 0.1) is 5.92 Å². The number of carboxylic acids is 1. The first kappa shape index (κ1) is 22.1. The average Bonchev–Trinajstić information content (AvgIpc) is 3.06. The monoisotopic (exact) mass is 360 g/mol. The molecule has 0 aliphatic heterocycles. The summed E-state index contributed by atoms with van der Waals surface area (Å²) in [5.74, 6) is 0.328. The molecule has 1 aliphatic rings. The summed E-state index contributed by atoms with van der Waals surface area (Å²) in [5.41, 5.74) is 0.784. The van der Waals surface area contributed by atoms with Crippen LogP contribution in [0.4, 0.5) is 0 Å². The Morgan fingerprint density at radius 1 is 1.04 bits per heavy atom. The van der Waals surface area contributed by atoms with Crippen LogP contribution in [0.2, 0.25) is 0 Å². The minimum atomic E-state index is -0.670. The van der Waals surface area contributed by atoms with E-state index in [1.165, 1.54) is 19.3 Å². The first-order chi connectivity index (χ1) is 12.5. The number of carbonyl (C=O) groups is 3. The standard InChI is InChI=1S/C14H16O2.C8H16O2/c15-13-8-6-11(10-13)7-9-14(16)12-4-2-1-3-5-12;1-2-3-4-5-6-7-8(9)10/h1-5,11H,6-10H2;2-7H2,1H3,(H,9,10). The lowest BCUT2D eigenvalue weighted by Crippen LogP contribution is -2.03. The zero-order valence-corrected chi connectivity index (χ0v) is 15.9. The molecule has 2 rings (SSSR count). The number of carbonyl (C=O) groups excluding carboxylic acids is 2. The van der Waals surface area contributed by atoms with Crippen molar-refractivity contribution < 1.29 is 19.5 Å². The molecule has 1 saturated carbocycles. The van der Waals surface area contributed by atoms with Gasteiger partial charge in [-0.15, -0.1) is 0 Å². The smallest absolute Gasteiger partial charge is 0.303 e. The maximum atomic E-state index is 11.8. The molecule has 144 valence electrons. The number of aliphatic carboxylic acids is 1. The van der Waals surface area contributed by atoms with Gasteiger partial charge in [-0.25, -0.2) is 0 Å². The molecule has 4 heteroatoms. The molecular formula is C22H32O4. The summed E-state index contributed by atoms with van der Waals surface area (Å²) in [6, 6.07) is 9.37. The Bertz CT molecular complexity index is 551. The van der Waals surface area contributed by atoms with Crippen molar-refractivity contribution in [2.24, 2.45) is 5.92 Å². The largest absolute Gasteiger partial charge is 0.481 e. The van der Waals surface area contributed by atoms with Gasteiger partial charge in [0.2, 0.25) is 0 Å². The molecule has 0 spiro atoms. The predicted molar refractivity (Wildman–Crippen MR) is 103 cm³/mol. The van der Waals surface area contributed by atoms with Crippen molar-refractivity contribution in [2.45, 2.75) is 77.6 Å². The second kappa shape index (κ2) is 13.3. The van der Waals surface area contributed by atoms with Crippen LogP contribution in [-0.2, 0) is 9.59 Å². The van der Waals surface area contributed by atoms with E-state index in [0.29, 0.717) is 37.4 Å². The highest BCUT2D eigenvalue weighted by atomic mass is 16.4. The van der Waals surface area contributed by atoms with Gasteiger partial charge in [0, 0.05) is 31.2 Å². The van der Waals surface area contributed by atoms with E-state index in [1.54, 1.807) is 0 Å². The second-order valence-electron chi connectivity index (χ2n) is 7.03. The number of benzene rings is 1. The van der Waals surface area contributed by atoms with E-state index in [0.717, 1.165) is 31.2 Å². The van der Waals surface area contributed by atoms with E-state index in [4.69, 9.17) is 5.11 Å². The summed E-state index contributed by atoms with van der Waals surface area (Å²) in [4.78, 5) is 32.9. The molecule has 1 N–H and O–H groups in total. The molecule has 0 radical (unpaired) electrons. The van der Waals surface area contributed by atoms with Crippen molar-refractivity contribution in [3.8, 4) is 0 Å². The molecule has 0 saturated heterocycles. The van der Waals surface area contributed by atoms with E-state index >= 15 is 0 Å². The van der Waals surface area contributed by atoms with Crippen molar-refractivity contribution >= 4 is 17.5 Å². The van der Waals surface area contributed by atoms with Crippen molar-refractivity contribution in [1.29, 1.82) is 0 Å². The zero-order chi connectivity index (χ0) is 19.2. The quantitative estimate of drug-likeness (QED) is 0.445. The lowest BCUT2D eigenvalue weighted by atomic mass is 9.97. The summed E-state index contributed by atoms with van der Waals surface area (Å²) in [5, 5.41) is 8.27. The third-order valence-corrected chi connectivity index (χ3v) is 4.72. The third-order valence-electron chi connectivity index (χ3n) is 4.72. The Morgan fingerprint density at radius 3 is 2.31 bits per heavy atom. The highest BCUT2D eigenvalue weighted by Gasteiger charge is 2.22. The van der Waals surface area contributed by atoms with Crippen LogP contribution in [0.1, 0.15) is 87.9 Å². The van der Waals surface area contributed by atoms with Crippen LogP contribution in [0.5, 0.6) is 0 Å². The van der Waals surface area contributed by atoms with Gasteiger partial charge >= 0.3 is 5.97 Å². The Kier molecular flexibility index (Phi) is 11.3. The molecular weight excluding hydrogens is 328 g/mol. The summed E-state index contributed by atoms with van der Waals surface area (Å²) >= 11 is 0. The Hall–Kier alpha value is -1.97. The molecule has 4 nitrogen and oxygen atoms in total. The van der Waals surface area contributed by atoms with Crippen molar-refractivity contribution in [3.05, 3.63) is 35.9 Å². The summed E-state index contributed by atoms with van der Waals surface area (Å²) in [6.45, 7) is 2.15.